The highest BCUT2D eigenvalue weighted by molar-refractivity contribution is 6.30. The molecule has 1 aliphatic heterocycles. The highest BCUT2D eigenvalue weighted by Crippen LogP contribution is 2.16. The van der Waals surface area contributed by atoms with Gasteiger partial charge in [-0.3, -0.25) is 4.79 Å². The van der Waals surface area contributed by atoms with Gasteiger partial charge in [0, 0.05) is 30.1 Å². The molecule has 0 bridgehead atoms. The zero-order valence-corrected chi connectivity index (χ0v) is 10.9. The molecule has 1 saturated heterocycles. The van der Waals surface area contributed by atoms with E-state index < -0.39 is 0 Å². The second-order valence-electron chi connectivity index (χ2n) is 4.87. The zero-order valence-electron chi connectivity index (χ0n) is 10.2. The van der Waals surface area contributed by atoms with Gasteiger partial charge in [0.05, 0.1) is 0 Å². The molecule has 3 heteroatoms. The molecule has 0 radical (unpaired) electrons. The molecule has 1 aliphatic rings. The van der Waals surface area contributed by atoms with E-state index in [1.807, 2.05) is 0 Å². The van der Waals surface area contributed by atoms with Crippen LogP contribution in [0.25, 0.3) is 0 Å². The molecule has 92 valence electrons. The first-order valence-corrected chi connectivity index (χ1v) is 6.54. The number of nitrogens with zero attached hydrogens (tertiary/aromatic N) is 1. The Balaban J connectivity index is 1.83. The number of benzene rings is 1. The van der Waals surface area contributed by atoms with Gasteiger partial charge in [0.1, 0.15) is 0 Å². The van der Waals surface area contributed by atoms with Crippen molar-refractivity contribution >= 4 is 17.4 Å². The van der Waals surface area contributed by atoms with Crippen LogP contribution in [0.5, 0.6) is 0 Å². The molecule has 0 saturated carbocycles. The van der Waals surface area contributed by atoms with Crippen LogP contribution < -0.4 is 0 Å². The van der Waals surface area contributed by atoms with Gasteiger partial charge in [-0.25, -0.2) is 0 Å². The summed E-state index contributed by atoms with van der Waals surface area (Å²) in [7, 11) is 0. The van der Waals surface area contributed by atoms with Gasteiger partial charge in [-0.05, 0) is 43.1 Å². The van der Waals surface area contributed by atoms with Crippen LogP contribution in [0, 0.1) is 5.92 Å². The van der Waals surface area contributed by atoms with Gasteiger partial charge in [-0.1, -0.05) is 18.5 Å². The lowest BCUT2D eigenvalue weighted by Gasteiger charge is -2.14. The topological polar surface area (TPSA) is 20.3 Å². The number of carbonyl (C=O) groups is 1. The second kappa shape index (κ2) is 5.65. The van der Waals surface area contributed by atoms with Gasteiger partial charge in [-0.15, -0.1) is 0 Å². The van der Waals surface area contributed by atoms with E-state index in [1.54, 1.807) is 24.3 Å². The maximum Gasteiger partial charge on any atom is 0.164 e. The third-order valence-electron chi connectivity index (χ3n) is 3.33. The van der Waals surface area contributed by atoms with E-state index >= 15 is 0 Å². The number of ketones is 1. The predicted octanol–water partition coefficient (Wildman–Crippen LogP) is 3.25. The van der Waals surface area contributed by atoms with Gasteiger partial charge in [-0.2, -0.15) is 0 Å². The number of likely N-dealkylation sites (tertiary alicyclic amines) is 1. The minimum Gasteiger partial charge on any atom is -0.303 e. The summed E-state index contributed by atoms with van der Waals surface area (Å²) in [4.78, 5) is 14.3. The molecule has 0 amide bonds. The minimum atomic E-state index is 0.209. The Labute approximate surface area is 108 Å². The fourth-order valence-corrected chi connectivity index (χ4v) is 2.40. The highest BCUT2D eigenvalue weighted by Gasteiger charge is 2.19. The number of halogens is 1. The normalized spacial score (nSPS) is 20.7. The summed E-state index contributed by atoms with van der Waals surface area (Å²) in [6.07, 6.45) is 1.86. The largest absolute Gasteiger partial charge is 0.303 e. The predicted molar refractivity (Wildman–Crippen MR) is 70.6 cm³/mol. The lowest BCUT2D eigenvalue weighted by molar-refractivity contribution is 0.0968. The molecule has 0 aromatic heterocycles. The van der Waals surface area contributed by atoms with Gasteiger partial charge in [0.25, 0.3) is 0 Å². The summed E-state index contributed by atoms with van der Waals surface area (Å²) in [6.45, 7) is 5.41. The Hall–Kier alpha value is -0.860. The molecule has 1 aromatic rings. The van der Waals surface area contributed by atoms with Gasteiger partial charge in [0.15, 0.2) is 5.78 Å². The summed E-state index contributed by atoms with van der Waals surface area (Å²) in [5, 5.41) is 0.676. The molecule has 2 nitrogen and oxygen atoms in total. The maximum absolute atomic E-state index is 11.9. The molecule has 0 spiro atoms. The molecule has 1 atom stereocenters. The number of hydrogen-bond acceptors (Lipinski definition) is 2. The molecule has 0 N–H and O–H groups in total. The van der Waals surface area contributed by atoms with Crippen LogP contribution in [0.3, 0.4) is 0 Å². The molecule has 1 unspecified atom stereocenters. The summed E-state index contributed by atoms with van der Waals surface area (Å²) in [5.41, 5.74) is 0.765. The van der Waals surface area contributed by atoms with Crippen molar-refractivity contribution < 1.29 is 4.79 Å². The summed E-state index contributed by atoms with van der Waals surface area (Å²) in [6, 6.07) is 7.15. The van der Waals surface area contributed by atoms with Gasteiger partial charge < -0.3 is 4.90 Å². The van der Waals surface area contributed by atoms with E-state index in [-0.39, 0.29) is 5.78 Å². The Kier molecular flexibility index (Phi) is 4.19. The fourth-order valence-electron chi connectivity index (χ4n) is 2.27. The van der Waals surface area contributed by atoms with Crippen LogP contribution in [0.1, 0.15) is 30.1 Å². The third-order valence-corrected chi connectivity index (χ3v) is 3.58. The number of carbonyl (C=O) groups excluding carboxylic acids is 1. The summed E-state index contributed by atoms with van der Waals surface area (Å²) < 4.78 is 0. The van der Waals surface area contributed by atoms with Crippen molar-refractivity contribution in [2.45, 2.75) is 19.8 Å². The number of rotatable bonds is 4. The molecule has 1 heterocycles. The smallest absolute Gasteiger partial charge is 0.164 e. The van der Waals surface area contributed by atoms with E-state index in [0.29, 0.717) is 11.4 Å². The monoisotopic (exact) mass is 251 g/mol. The first-order valence-electron chi connectivity index (χ1n) is 6.16. The average molecular weight is 252 g/mol. The molecule has 0 aliphatic carbocycles. The maximum atomic E-state index is 11.9. The van der Waals surface area contributed by atoms with E-state index in [9.17, 15) is 4.79 Å². The van der Waals surface area contributed by atoms with Crippen molar-refractivity contribution in [1.29, 1.82) is 0 Å². The van der Waals surface area contributed by atoms with Crippen LogP contribution >= 0.6 is 11.6 Å². The number of Topliss-reactive ketones (excluding diaryl/α,β-unsaturated/α-hetero) is 1. The Morgan fingerprint density at radius 2 is 2.12 bits per heavy atom. The lowest BCUT2D eigenvalue weighted by Crippen LogP contribution is -2.23. The van der Waals surface area contributed by atoms with Crippen molar-refractivity contribution in [3.8, 4) is 0 Å². The van der Waals surface area contributed by atoms with Crippen molar-refractivity contribution in [3.05, 3.63) is 34.9 Å². The SMILES string of the molecule is CC1CCN(CCC(=O)c2ccc(Cl)cc2)C1. The van der Waals surface area contributed by atoms with Gasteiger partial charge >= 0.3 is 0 Å². The Morgan fingerprint density at radius 1 is 1.41 bits per heavy atom. The quantitative estimate of drug-likeness (QED) is 0.766. The van der Waals surface area contributed by atoms with Crippen LogP contribution in [0.2, 0.25) is 5.02 Å². The minimum absolute atomic E-state index is 0.209. The van der Waals surface area contributed by atoms with E-state index in [1.165, 1.54) is 6.42 Å². The standard InChI is InChI=1S/C14H18ClNO/c1-11-6-8-16(10-11)9-7-14(17)12-2-4-13(15)5-3-12/h2-5,11H,6-10H2,1H3. The molecule has 1 fully saturated rings. The highest BCUT2D eigenvalue weighted by atomic mass is 35.5. The van der Waals surface area contributed by atoms with Crippen LogP contribution in [-0.4, -0.2) is 30.3 Å². The molecular formula is C14H18ClNO. The molecular weight excluding hydrogens is 234 g/mol. The Morgan fingerprint density at radius 3 is 2.71 bits per heavy atom. The fraction of sp³-hybridized carbons (Fsp3) is 0.500. The van der Waals surface area contributed by atoms with Crippen LogP contribution in [-0.2, 0) is 0 Å². The lowest BCUT2D eigenvalue weighted by atomic mass is 10.1. The van der Waals surface area contributed by atoms with Crippen molar-refractivity contribution in [2.24, 2.45) is 5.92 Å². The van der Waals surface area contributed by atoms with Crippen molar-refractivity contribution in [2.75, 3.05) is 19.6 Å². The Bertz CT molecular complexity index is 388. The van der Waals surface area contributed by atoms with Crippen LogP contribution in [0.15, 0.2) is 24.3 Å². The van der Waals surface area contributed by atoms with E-state index in [2.05, 4.69) is 11.8 Å². The van der Waals surface area contributed by atoms with E-state index in [0.717, 1.165) is 31.1 Å². The molecule has 2 rings (SSSR count). The molecule has 1 aromatic carbocycles. The zero-order chi connectivity index (χ0) is 12.3. The summed E-state index contributed by atoms with van der Waals surface area (Å²) in [5.74, 6) is 0.988. The van der Waals surface area contributed by atoms with Crippen molar-refractivity contribution in [1.82, 2.24) is 4.90 Å². The first kappa shape index (κ1) is 12.6. The third kappa shape index (κ3) is 3.55. The van der Waals surface area contributed by atoms with Crippen molar-refractivity contribution in [3.63, 3.8) is 0 Å². The second-order valence-corrected chi connectivity index (χ2v) is 5.31. The molecule has 17 heavy (non-hydrogen) atoms. The summed E-state index contributed by atoms with van der Waals surface area (Å²) >= 11 is 5.79. The number of hydrogen-bond donors (Lipinski definition) is 0. The first-order chi connectivity index (χ1) is 8.15. The van der Waals surface area contributed by atoms with E-state index in [4.69, 9.17) is 11.6 Å². The van der Waals surface area contributed by atoms with Crippen LogP contribution in [0.4, 0.5) is 0 Å². The van der Waals surface area contributed by atoms with Gasteiger partial charge in [0.2, 0.25) is 0 Å². The average Bonchev–Trinajstić information content (AvgIpc) is 2.73.